The molecule has 1 unspecified atom stereocenters. The van der Waals surface area contributed by atoms with Crippen LogP contribution in [0.4, 0.5) is 0 Å². The van der Waals surface area contributed by atoms with Gasteiger partial charge in [-0.05, 0) is 32.4 Å². The second kappa shape index (κ2) is 3.54. The topological polar surface area (TPSA) is 49.7 Å². The van der Waals surface area contributed by atoms with E-state index in [0.717, 1.165) is 5.56 Å². The number of ether oxygens (including phenoxy) is 1. The van der Waals surface area contributed by atoms with E-state index in [2.05, 4.69) is 0 Å². The summed E-state index contributed by atoms with van der Waals surface area (Å²) in [5, 5.41) is 20.2. The normalized spacial score (nSPS) is 22.4. The lowest BCUT2D eigenvalue weighted by Crippen LogP contribution is -2.46. The van der Waals surface area contributed by atoms with Crippen molar-refractivity contribution in [1.29, 1.82) is 0 Å². The zero-order valence-corrected chi connectivity index (χ0v) is 10.3. The molecule has 1 aromatic carbocycles. The Hall–Kier alpha value is -0.930. The molecule has 1 aliphatic heterocycles. The summed E-state index contributed by atoms with van der Waals surface area (Å²) >= 11 is 6.14. The highest BCUT2D eigenvalue weighted by Gasteiger charge is 2.38. The maximum absolute atomic E-state index is 9.89. The molecule has 16 heavy (non-hydrogen) atoms. The van der Waals surface area contributed by atoms with Gasteiger partial charge in [0.15, 0.2) is 0 Å². The zero-order valence-electron chi connectivity index (χ0n) is 9.54. The fourth-order valence-corrected chi connectivity index (χ4v) is 2.06. The Morgan fingerprint density at radius 3 is 2.75 bits per heavy atom. The maximum Gasteiger partial charge on any atom is 0.146 e. The standard InChI is InChI=1S/C12H15ClO3/c1-6-4-8(14)7-5-9(15)12(2,3)16-11(7)10(6)13/h4,9,14-15H,5H2,1-3H3. The molecule has 2 N–H and O–H groups in total. The lowest BCUT2D eigenvalue weighted by atomic mass is 9.90. The molecule has 4 heteroatoms. The van der Waals surface area contributed by atoms with E-state index in [4.69, 9.17) is 16.3 Å². The van der Waals surface area contributed by atoms with Crippen LogP contribution in [-0.4, -0.2) is 21.9 Å². The Morgan fingerprint density at radius 1 is 1.50 bits per heavy atom. The molecule has 0 aliphatic carbocycles. The number of aryl methyl sites for hydroxylation is 1. The molecule has 2 rings (SSSR count). The third-order valence-electron chi connectivity index (χ3n) is 3.05. The lowest BCUT2D eigenvalue weighted by Gasteiger charge is -2.37. The molecule has 0 spiro atoms. The number of rotatable bonds is 0. The molecule has 0 bridgehead atoms. The minimum Gasteiger partial charge on any atom is -0.508 e. The number of phenolic OH excluding ortho intramolecular Hbond substituents is 1. The van der Waals surface area contributed by atoms with Crippen molar-refractivity contribution in [3.8, 4) is 11.5 Å². The fraction of sp³-hybridized carbons (Fsp3) is 0.500. The van der Waals surface area contributed by atoms with Gasteiger partial charge in [-0.25, -0.2) is 0 Å². The number of aliphatic hydroxyl groups excluding tert-OH is 1. The van der Waals surface area contributed by atoms with Crippen molar-refractivity contribution in [3.05, 3.63) is 22.2 Å². The first-order chi connectivity index (χ1) is 7.33. The van der Waals surface area contributed by atoms with Gasteiger partial charge < -0.3 is 14.9 Å². The van der Waals surface area contributed by atoms with Gasteiger partial charge in [0.25, 0.3) is 0 Å². The monoisotopic (exact) mass is 242 g/mol. The summed E-state index contributed by atoms with van der Waals surface area (Å²) in [6.07, 6.45) is -0.293. The lowest BCUT2D eigenvalue weighted by molar-refractivity contribution is -0.0416. The third kappa shape index (κ3) is 1.64. The van der Waals surface area contributed by atoms with E-state index in [-0.39, 0.29) is 5.75 Å². The number of benzene rings is 1. The van der Waals surface area contributed by atoms with Gasteiger partial charge in [0, 0.05) is 12.0 Å². The summed E-state index contributed by atoms with van der Waals surface area (Å²) in [4.78, 5) is 0. The summed E-state index contributed by atoms with van der Waals surface area (Å²) in [5.41, 5.74) is 0.671. The fourth-order valence-electron chi connectivity index (χ4n) is 1.86. The van der Waals surface area contributed by atoms with Crippen LogP contribution in [0.25, 0.3) is 0 Å². The van der Waals surface area contributed by atoms with Crippen LogP contribution in [0.2, 0.25) is 5.02 Å². The second-order valence-electron chi connectivity index (χ2n) is 4.76. The van der Waals surface area contributed by atoms with Crippen LogP contribution < -0.4 is 4.74 Å². The molecule has 3 nitrogen and oxygen atoms in total. The molecule has 0 radical (unpaired) electrons. The molecule has 1 aliphatic rings. The van der Waals surface area contributed by atoms with Crippen LogP contribution in [0.1, 0.15) is 25.0 Å². The number of phenols is 1. The number of hydrogen-bond acceptors (Lipinski definition) is 3. The summed E-state index contributed by atoms with van der Waals surface area (Å²) in [6.45, 7) is 5.41. The van der Waals surface area contributed by atoms with Gasteiger partial charge in [0.2, 0.25) is 0 Å². The first-order valence-corrected chi connectivity index (χ1v) is 5.58. The van der Waals surface area contributed by atoms with E-state index in [1.54, 1.807) is 19.9 Å². The Kier molecular flexibility index (Phi) is 2.55. The number of hydrogen-bond donors (Lipinski definition) is 2. The number of aliphatic hydroxyl groups is 1. The minimum atomic E-state index is -0.684. The summed E-state index contributed by atoms with van der Waals surface area (Å²) in [6, 6.07) is 1.59. The average Bonchev–Trinajstić information content (AvgIpc) is 2.18. The first-order valence-electron chi connectivity index (χ1n) is 5.21. The van der Waals surface area contributed by atoms with Crippen LogP contribution in [0.15, 0.2) is 6.07 Å². The number of halogens is 1. The Bertz CT molecular complexity index is 440. The molecular weight excluding hydrogens is 228 g/mol. The van der Waals surface area contributed by atoms with Crippen LogP contribution in [0.3, 0.4) is 0 Å². The van der Waals surface area contributed by atoms with Gasteiger partial charge in [-0.3, -0.25) is 0 Å². The van der Waals surface area contributed by atoms with Gasteiger partial charge in [-0.15, -0.1) is 0 Å². The quantitative estimate of drug-likeness (QED) is 0.735. The molecular formula is C12H15ClO3. The van der Waals surface area contributed by atoms with E-state index < -0.39 is 11.7 Å². The van der Waals surface area contributed by atoms with E-state index in [1.807, 2.05) is 6.92 Å². The zero-order chi connectivity index (χ0) is 12.1. The maximum atomic E-state index is 9.89. The predicted molar refractivity (Wildman–Crippen MR) is 62.3 cm³/mol. The molecule has 0 aromatic heterocycles. The molecule has 88 valence electrons. The highest BCUT2D eigenvalue weighted by Crippen LogP contribution is 2.44. The highest BCUT2D eigenvalue weighted by molar-refractivity contribution is 6.33. The molecule has 1 heterocycles. The minimum absolute atomic E-state index is 0.131. The van der Waals surface area contributed by atoms with Gasteiger partial charge in [-0.1, -0.05) is 11.6 Å². The van der Waals surface area contributed by atoms with E-state index >= 15 is 0 Å². The van der Waals surface area contributed by atoms with Crippen molar-refractivity contribution in [3.63, 3.8) is 0 Å². The summed E-state index contributed by atoms with van der Waals surface area (Å²) in [7, 11) is 0. The Balaban J connectivity index is 2.60. The van der Waals surface area contributed by atoms with Crippen LogP contribution in [0.5, 0.6) is 11.5 Å². The van der Waals surface area contributed by atoms with Crippen molar-refractivity contribution >= 4 is 11.6 Å². The van der Waals surface area contributed by atoms with Gasteiger partial charge in [0.05, 0.1) is 11.1 Å². The van der Waals surface area contributed by atoms with Crippen molar-refractivity contribution < 1.29 is 14.9 Å². The van der Waals surface area contributed by atoms with Crippen molar-refractivity contribution in [2.45, 2.75) is 38.9 Å². The number of aromatic hydroxyl groups is 1. The average molecular weight is 243 g/mol. The van der Waals surface area contributed by atoms with Crippen LogP contribution >= 0.6 is 11.6 Å². The molecule has 0 saturated carbocycles. The van der Waals surface area contributed by atoms with Crippen molar-refractivity contribution in [2.24, 2.45) is 0 Å². The van der Waals surface area contributed by atoms with E-state index in [0.29, 0.717) is 22.8 Å². The summed E-state index contributed by atoms with van der Waals surface area (Å²) in [5.74, 6) is 0.626. The van der Waals surface area contributed by atoms with Gasteiger partial charge in [-0.2, -0.15) is 0 Å². The third-order valence-corrected chi connectivity index (χ3v) is 3.52. The van der Waals surface area contributed by atoms with Gasteiger partial charge >= 0.3 is 0 Å². The van der Waals surface area contributed by atoms with Crippen molar-refractivity contribution in [2.75, 3.05) is 0 Å². The van der Waals surface area contributed by atoms with Gasteiger partial charge in [0.1, 0.15) is 17.1 Å². The van der Waals surface area contributed by atoms with E-state index in [9.17, 15) is 10.2 Å². The summed E-state index contributed by atoms with van der Waals surface area (Å²) < 4.78 is 5.68. The first kappa shape index (κ1) is 11.6. The smallest absolute Gasteiger partial charge is 0.146 e. The molecule has 1 aromatic rings. The Morgan fingerprint density at radius 2 is 2.12 bits per heavy atom. The van der Waals surface area contributed by atoms with Crippen LogP contribution in [-0.2, 0) is 6.42 Å². The predicted octanol–water partition coefficient (Wildman–Crippen LogP) is 2.43. The number of fused-ring (bicyclic) bond motifs is 1. The molecule has 0 saturated heterocycles. The second-order valence-corrected chi connectivity index (χ2v) is 5.14. The molecule has 0 amide bonds. The van der Waals surface area contributed by atoms with Crippen LogP contribution in [0, 0.1) is 6.92 Å². The Labute approximate surface area is 99.6 Å². The SMILES string of the molecule is Cc1cc(O)c2c(c1Cl)OC(C)(C)C(O)C2. The molecule has 1 atom stereocenters. The van der Waals surface area contributed by atoms with Crippen molar-refractivity contribution in [1.82, 2.24) is 0 Å². The molecule has 0 fully saturated rings. The van der Waals surface area contributed by atoms with E-state index in [1.165, 1.54) is 0 Å². The highest BCUT2D eigenvalue weighted by atomic mass is 35.5. The largest absolute Gasteiger partial charge is 0.508 e.